The van der Waals surface area contributed by atoms with Crippen LogP contribution in [0.3, 0.4) is 0 Å². The number of nitrogens with one attached hydrogen (secondary N) is 2. The monoisotopic (exact) mass is 273 g/mol. The molecule has 2 heterocycles. The van der Waals surface area contributed by atoms with Gasteiger partial charge < -0.3 is 10.3 Å². The molecule has 2 N–H and O–H groups in total. The highest BCUT2D eigenvalue weighted by Gasteiger charge is 2.26. The maximum absolute atomic E-state index is 11.6. The van der Waals surface area contributed by atoms with Gasteiger partial charge in [-0.05, 0) is 25.8 Å². The summed E-state index contributed by atoms with van der Waals surface area (Å²) in [4.78, 5) is 19.0. The minimum atomic E-state index is -0.0570. The van der Waals surface area contributed by atoms with Crippen molar-refractivity contribution in [3.63, 3.8) is 0 Å². The van der Waals surface area contributed by atoms with E-state index in [-0.39, 0.29) is 11.6 Å². The van der Waals surface area contributed by atoms with Gasteiger partial charge in [0.15, 0.2) is 0 Å². The van der Waals surface area contributed by atoms with Crippen LogP contribution in [-0.2, 0) is 13.1 Å². The molecule has 1 atom stereocenters. The third-order valence-corrected chi connectivity index (χ3v) is 3.43. The fourth-order valence-electron chi connectivity index (χ4n) is 2.20. The fraction of sp³-hybridized carbons (Fsp3) is 0.500. The second-order valence-corrected chi connectivity index (χ2v) is 5.41. The molecular formula is C14H19N5O. The Labute approximate surface area is 117 Å². The first kappa shape index (κ1) is 13.1. The number of aromatic nitrogens is 4. The van der Waals surface area contributed by atoms with E-state index >= 15 is 0 Å². The van der Waals surface area contributed by atoms with Crippen LogP contribution in [0.4, 0.5) is 0 Å². The molecule has 2 aromatic rings. The second kappa shape index (κ2) is 5.58. The highest BCUT2D eigenvalue weighted by atomic mass is 16.1. The van der Waals surface area contributed by atoms with Crippen LogP contribution in [-0.4, -0.2) is 25.8 Å². The Morgan fingerprint density at radius 2 is 2.40 bits per heavy atom. The molecule has 3 rings (SSSR count). The van der Waals surface area contributed by atoms with E-state index in [2.05, 4.69) is 27.3 Å². The Morgan fingerprint density at radius 3 is 3.10 bits per heavy atom. The van der Waals surface area contributed by atoms with Crippen LogP contribution >= 0.6 is 0 Å². The average molecular weight is 273 g/mol. The highest BCUT2D eigenvalue weighted by Crippen LogP contribution is 2.37. The molecule has 6 nitrogen and oxygen atoms in total. The standard InChI is InChI=1S/C14H19N5O/c1-10(9-19-6-2-5-16-19)15-8-12-7-13(20)18-14(17-12)11-3-4-11/h2,5-7,10-11,15H,3-4,8-9H2,1H3,(H,17,18,20). The Kier molecular flexibility index (Phi) is 3.64. The Hall–Kier alpha value is -1.95. The van der Waals surface area contributed by atoms with Gasteiger partial charge in [-0.15, -0.1) is 0 Å². The van der Waals surface area contributed by atoms with Crippen LogP contribution in [0.1, 0.15) is 37.2 Å². The lowest BCUT2D eigenvalue weighted by molar-refractivity contribution is 0.448. The molecule has 0 spiro atoms. The van der Waals surface area contributed by atoms with E-state index in [1.54, 1.807) is 12.3 Å². The molecule has 1 unspecified atom stereocenters. The van der Waals surface area contributed by atoms with Gasteiger partial charge in [0.2, 0.25) is 0 Å². The van der Waals surface area contributed by atoms with Gasteiger partial charge in [0.1, 0.15) is 5.82 Å². The van der Waals surface area contributed by atoms with Crippen LogP contribution in [0.5, 0.6) is 0 Å². The zero-order valence-electron chi connectivity index (χ0n) is 11.5. The number of nitrogens with zero attached hydrogens (tertiary/aromatic N) is 3. The van der Waals surface area contributed by atoms with Gasteiger partial charge in [0.05, 0.1) is 12.2 Å². The van der Waals surface area contributed by atoms with E-state index in [9.17, 15) is 4.79 Å². The quantitative estimate of drug-likeness (QED) is 0.824. The van der Waals surface area contributed by atoms with Gasteiger partial charge in [-0.2, -0.15) is 5.10 Å². The smallest absolute Gasteiger partial charge is 0.251 e. The molecular weight excluding hydrogens is 254 g/mol. The van der Waals surface area contributed by atoms with Crippen molar-refractivity contribution in [2.75, 3.05) is 0 Å². The molecule has 2 aromatic heterocycles. The molecule has 0 aromatic carbocycles. The number of hydrogen-bond donors (Lipinski definition) is 2. The van der Waals surface area contributed by atoms with Gasteiger partial charge in [0, 0.05) is 37.0 Å². The first-order valence-corrected chi connectivity index (χ1v) is 7.01. The van der Waals surface area contributed by atoms with Crippen molar-refractivity contribution >= 4 is 0 Å². The van der Waals surface area contributed by atoms with Gasteiger partial charge in [-0.3, -0.25) is 9.48 Å². The molecule has 106 valence electrons. The molecule has 1 aliphatic carbocycles. The summed E-state index contributed by atoms with van der Waals surface area (Å²) in [5, 5.41) is 7.55. The van der Waals surface area contributed by atoms with E-state index in [0.29, 0.717) is 12.5 Å². The number of H-pyrrole nitrogens is 1. The highest BCUT2D eigenvalue weighted by molar-refractivity contribution is 5.10. The molecule has 6 heteroatoms. The van der Waals surface area contributed by atoms with Crippen molar-refractivity contribution in [2.24, 2.45) is 0 Å². The van der Waals surface area contributed by atoms with Crippen molar-refractivity contribution in [1.29, 1.82) is 0 Å². The van der Waals surface area contributed by atoms with Crippen molar-refractivity contribution in [3.05, 3.63) is 46.4 Å². The predicted octanol–water partition coefficient (Wildman–Crippen LogP) is 1.02. The third-order valence-electron chi connectivity index (χ3n) is 3.43. The summed E-state index contributed by atoms with van der Waals surface area (Å²) in [6, 6.07) is 3.74. The van der Waals surface area contributed by atoms with Gasteiger partial charge >= 0.3 is 0 Å². The number of rotatable bonds is 6. The normalized spacial score (nSPS) is 16.2. The van der Waals surface area contributed by atoms with Crippen molar-refractivity contribution in [3.8, 4) is 0 Å². The maximum atomic E-state index is 11.6. The largest absolute Gasteiger partial charge is 0.310 e. The maximum Gasteiger partial charge on any atom is 0.251 e. The lowest BCUT2D eigenvalue weighted by Crippen LogP contribution is -2.31. The van der Waals surface area contributed by atoms with Crippen LogP contribution in [0.25, 0.3) is 0 Å². The third kappa shape index (κ3) is 3.33. The lowest BCUT2D eigenvalue weighted by atomic mass is 10.3. The van der Waals surface area contributed by atoms with Gasteiger partial charge in [0.25, 0.3) is 5.56 Å². The Morgan fingerprint density at radius 1 is 1.55 bits per heavy atom. The molecule has 0 aliphatic heterocycles. The van der Waals surface area contributed by atoms with Gasteiger partial charge in [-0.25, -0.2) is 4.98 Å². The summed E-state index contributed by atoms with van der Waals surface area (Å²) in [5.74, 6) is 1.30. The molecule has 1 saturated carbocycles. The minimum absolute atomic E-state index is 0.0570. The summed E-state index contributed by atoms with van der Waals surface area (Å²) < 4.78 is 1.89. The zero-order chi connectivity index (χ0) is 13.9. The molecule has 0 radical (unpaired) electrons. The summed E-state index contributed by atoms with van der Waals surface area (Å²) in [6.45, 7) is 3.49. The van der Waals surface area contributed by atoms with Crippen molar-refractivity contribution in [1.82, 2.24) is 25.1 Å². The molecule has 20 heavy (non-hydrogen) atoms. The van der Waals surface area contributed by atoms with Crippen molar-refractivity contribution in [2.45, 2.75) is 44.8 Å². The molecule has 1 fully saturated rings. The zero-order valence-corrected chi connectivity index (χ0v) is 11.5. The molecule has 0 amide bonds. The number of aromatic amines is 1. The van der Waals surface area contributed by atoms with Crippen molar-refractivity contribution < 1.29 is 0 Å². The second-order valence-electron chi connectivity index (χ2n) is 5.41. The van der Waals surface area contributed by atoms with Crippen LogP contribution in [0, 0.1) is 0 Å². The Bertz CT molecular complexity index is 615. The molecule has 0 saturated heterocycles. The Balaban J connectivity index is 1.58. The van der Waals surface area contributed by atoms with Gasteiger partial charge in [-0.1, -0.05) is 0 Å². The van der Waals surface area contributed by atoms with E-state index in [1.807, 2.05) is 16.9 Å². The van der Waals surface area contributed by atoms with E-state index in [0.717, 1.165) is 30.9 Å². The van der Waals surface area contributed by atoms with E-state index in [4.69, 9.17) is 0 Å². The van der Waals surface area contributed by atoms with E-state index in [1.165, 1.54) is 0 Å². The fourth-order valence-corrected chi connectivity index (χ4v) is 2.20. The lowest BCUT2D eigenvalue weighted by Gasteiger charge is -2.13. The SMILES string of the molecule is CC(Cn1cccn1)NCc1cc(=O)[nH]c(C2CC2)n1. The summed E-state index contributed by atoms with van der Waals surface area (Å²) in [5.41, 5.74) is 0.751. The number of hydrogen-bond acceptors (Lipinski definition) is 4. The van der Waals surface area contributed by atoms with Crippen LogP contribution < -0.4 is 10.9 Å². The summed E-state index contributed by atoms with van der Waals surface area (Å²) >= 11 is 0. The minimum Gasteiger partial charge on any atom is -0.310 e. The first-order chi connectivity index (χ1) is 9.70. The average Bonchev–Trinajstić information content (AvgIpc) is 3.15. The summed E-state index contributed by atoms with van der Waals surface area (Å²) in [6.07, 6.45) is 5.98. The molecule has 1 aliphatic rings. The first-order valence-electron chi connectivity index (χ1n) is 7.01. The topological polar surface area (TPSA) is 75.6 Å². The van der Waals surface area contributed by atoms with Crippen LogP contribution in [0.15, 0.2) is 29.3 Å². The van der Waals surface area contributed by atoms with E-state index < -0.39 is 0 Å². The van der Waals surface area contributed by atoms with Crippen LogP contribution in [0.2, 0.25) is 0 Å². The summed E-state index contributed by atoms with van der Waals surface area (Å²) in [7, 11) is 0. The predicted molar refractivity (Wildman–Crippen MR) is 75.4 cm³/mol. The molecule has 0 bridgehead atoms.